The number of rotatable bonds is 1. The highest BCUT2D eigenvalue weighted by Crippen LogP contribution is 2.24. The normalized spacial score (nSPS) is 11.6. The lowest BCUT2D eigenvalue weighted by Gasteiger charge is -2.21. The maximum Gasteiger partial charge on any atom is 0.276 e. The van der Waals surface area contributed by atoms with Crippen LogP contribution in [0.5, 0.6) is 0 Å². The summed E-state index contributed by atoms with van der Waals surface area (Å²) in [6.07, 6.45) is 1.52. The molecule has 0 fully saturated rings. The van der Waals surface area contributed by atoms with Crippen molar-refractivity contribution < 1.29 is 0 Å². The average Bonchev–Trinajstić information content (AvgIpc) is 2.28. The van der Waals surface area contributed by atoms with Crippen LogP contribution < -0.4 is 5.56 Å². The van der Waals surface area contributed by atoms with E-state index >= 15 is 0 Å². The predicted molar refractivity (Wildman–Crippen MR) is 73.9 cm³/mol. The Hall–Kier alpha value is -1.61. The molecule has 0 spiro atoms. The van der Waals surface area contributed by atoms with Gasteiger partial charge in [0.15, 0.2) is 0 Å². The van der Waals surface area contributed by atoms with Crippen molar-refractivity contribution in [2.24, 2.45) is 0 Å². The van der Waals surface area contributed by atoms with Gasteiger partial charge in [0.05, 0.1) is 22.3 Å². The van der Waals surface area contributed by atoms with Gasteiger partial charge in [-0.3, -0.25) is 4.79 Å². The molecule has 0 unspecified atom stereocenters. The smallest absolute Gasteiger partial charge is 0.267 e. The largest absolute Gasteiger partial charge is 0.276 e. The minimum atomic E-state index is -0.370. The zero-order chi connectivity index (χ0) is 13.3. The van der Waals surface area contributed by atoms with E-state index in [0.717, 1.165) is 5.56 Å². The van der Waals surface area contributed by atoms with Crippen LogP contribution in [0.3, 0.4) is 0 Å². The van der Waals surface area contributed by atoms with Crippen LogP contribution in [0.1, 0.15) is 20.8 Å². The molecule has 3 nitrogen and oxygen atoms in total. The van der Waals surface area contributed by atoms with E-state index < -0.39 is 0 Å². The molecule has 0 saturated heterocycles. The summed E-state index contributed by atoms with van der Waals surface area (Å²) in [7, 11) is 0. The summed E-state index contributed by atoms with van der Waals surface area (Å²) in [4.78, 5) is 12.5. The first-order valence-electron chi connectivity index (χ1n) is 5.75. The average molecular weight is 263 g/mol. The molecule has 1 aromatic carbocycles. The minimum absolute atomic E-state index is 0.166. The number of benzene rings is 1. The van der Waals surface area contributed by atoms with Crippen LogP contribution in [-0.4, -0.2) is 9.78 Å². The van der Waals surface area contributed by atoms with Gasteiger partial charge in [0.2, 0.25) is 0 Å². The Morgan fingerprint density at radius 1 is 1.17 bits per heavy atom. The standard InChI is InChI=1S/C14H15ClN2O/c1-14(2,3)17-13(18)12(11(15)9-16-17)10-7-5-4-6-8-10/h4-9H,1-3H3. The molecule has 0 aliphatic heterocycles. The van der Waals surface area contributed by atoms with E-state index in [9.17, 15) is 4.79 Å². The second kappa shape index (κ2) is 4.58. The summed E-state index contributed by atoms with van der Waals surface area (Å²) in [5.41, 5.74) is 0.780. The van der Waals surface area contributed by atoms with Crippen molar-refractivity contribution >= 4 is 11.6 Å². The molecule has 0 N–H and O–H groups in total. The van der Waals surface area contributed by atoms with Gasteiger partial charge < -0.3 is 0 Å². The molecule has 0 bridgehead atoms. The minimum Gasteiger partial charge on any atom is -0.267 e. The van der Waals surface area contributed by atoms with Gasteiger partial charge in [-0.25, -0.2) is 4.68 Å². The molecule has 2 aromatic rings. The van der Waals surface area contributed by atoms with E-state index in [1.807, 2.05) is 51.1 Å². The highest BCUT2D eigenvalue weighted by molar-refractivity contribution is 6.33. The van der Waals surface area contributed by atoms with E-state index in [1.165, 1.54) is 10.9 Å². The number of hydrogen-bond donors (Lipinski definition) is 0. The number of hydrogen-bond acceptors (Lipinski definition) is 2. The molecule has 2 rings (SSSR count). The number of nitrogens with zero attached hydrogens (tertiary/aromatic N) is 2. The topological polar surface area (TPSA) is 34.9 Å². The lowest BCUT2D eigenvalue weighted by Crippen LogP contribution is -2.36. The molecule has 0 saturated carbocycles. The molecular formula is C14H15ClN2O. The molecule has 0 atom stereocenters. The van der Waals surface area contributed by atoms with Crippen molar-refractivity contribution in [2.75, 3.05) is 0 Å². The summed E-state index contributed by atoms with van der Waals surface area (Å²) in [6.45, 7) is 5.80. The number of aromatic nitrogens is 2. The van der Waals surface area contributed by atoms with Crippen molar-refractivity contribution in [1.29, 1.82) is 0 Å². The van der Waals surface area contributed by atoms with Crippen molar-refractivity contribution in [1.82, 2.24) is 9.78 Å². The first-order valence-corrected chi connectivity index (χ1v) is 6.13. The van der Waals surface area contributed by atoms with Crippen LogP contribution in [0.2, 0.25) is 5.02 Å². The lowest BCUT2D eigenvalue weighted by molar-refractivity contribution is 0.338. The Morgan fingerprint density at radius 2 is 1.78 bits per heavy atom. The van der Waals surface area contributed by atoms with E-state index in [0.29, 0.717) is 10.6 Å². The third-order valence-electron chi connectivity index (χ3n) is 2.63. The molecule has 1 aromatic heterocycles. The first-order chi connectivity index (χ1) is 8.41. The fraction of sp³-hybridized carbons (Fsp3) is 0.286. The zero-order valence-corrected chi connectivity index (χ0v) is 11.4. The third kappa shape index (κ3) is 2.31. The molecule has 0 amide bonds. The van der Waals surface area contributed by atoms with Crippen LogP contribution in [0, 0.1) is 0 Å². The van der Waals surface area contributed by atoms with Gasteiger partial charge in [0.1, 0.15) is 0 Å². The van der Waals surface area contributed by atoms with Gasteiger partial charge >= 0.3 is 0 Å². The monoisotopic (exact) mass is 262 g/mol. The molecule has 0 aliphatic rings. The Labute approximate surface area is 111 Å². The van der Waals surface area contributed by atoms with Crippen molar-refractivity contribution in [2.45, 2.75) is 26.3 Å². The van der Waals surface area contributed by atoms with Gasteiger partial charge in [0, 0.05) is 0 Å². The maximum absolute atomic E-state index is 12.5. The molecule has 0 radical (unpaired) electrons. The van der Waals surface area contributed by atoms with Crippen LogP contribution in [0.15, 0.2) is 41.3 Å². The molecule has 18 heavy (non-hydrogen) atoms. The Morgan fingerprint density at radius 3 is 2.33 bits per heavy atom. The fourth-order valence-corrected chi connectivity index (χ4v) is 2.01. The second-order valence-corrected chi connectivity index (χ2v) is 5.53. The van der Waals surface area contributed by atoms with Gasteiger partial charge in [0.25, 0.3) is 5.56 Å². The molecule has 94 valence electrons. The van der Waals surface area contributed by atoms with E-state index in [4.69, 9.17) is 11.6 Å². The summed E-state index contributed by atoms with van der Waals surface area (Å²) in [5, 5.41) is 4.49. The Kier molecular flexibility index (Phi) is 3.26. The molecule has 0 aliphatic carbocycles. The SMILES string of the molecule is CC(C)(C)n1ncc(Cl)c(-c2ccccc2)c1=O. The predicted octanol–water partition coefficient (Wildman–Crippen LogP) is 3.32. The fourth-order valence-electron chi connectivity index (χ4n) is 1.78. The van der Waals surface area contributed by atoms with Crippen LogP contribution in [0.25, 0.3) is 11.1 Å². The summed E-state index contributed by atoms with van der Waals surface area (Å²) < 4.78 is 1.46. The summed E-state index contributed by atoms with van der Waals surface area (Å²) >= 11 is 6.11. The summed E-state index contributed by atoms with van der Waals surface area (Å²) in [6, 6.07) is 9.41. The van der Waals surface area contributed by atoms with Crippen LogP contribution in [0.4, 0.5) is 0 Å². The second-order valence-electron chi connectivity index (χ2n) is 5.12. The zero-order valence-electron chi connectivity index (χ0n) is 10.6. The molecule has 1 heterocycles. The summed E-state index contributed by atoms with van der Waals surface area (Å²) in [5.74, 6) is 0. The third-order valence-corrected chi connectivity index (χ3v) is 2.92. The lowest BCUT2D eigenvalue weighted by atomic mass is 10.1. The van der Waals surface area contributed by atoms with Gasteiger partial charge in [-0.2, -0.15) is 5.10 Å². The van der Waals surface area contributed by atoms with E-state index in [2.05, 4.69) is 5.10 Å². The Bertz CT molecular complexity index is 612. The van der Waals surface area contributed by atoms with E-state index in [-0.39, 0.29) is 11.1 Å². The first kappa shape index (κ1) is 12.8. The quantitative estimate of drug-likeness (QED) is 0.790. The van der Waals surface area contributed by atoms with Gasteiger partial charge in [-0.05, 0) is 26.3 Å². The van der Waals surface area contributed by atoms with Crippen molar-refractivity contribution in [3.63, 3.8) is 0 Å². The molecule has 4 heteroatoms. The van der Waals surface area contributed by atoms with E-state index in [1.54, 1.807) is 0 Å². The van der Waals surface area contributed by atoms with Gasteiger partial charge in [-0.1, -0.05) is 41.9 Å². The Balaban J connectivity index is 2.73. The van der Waals surface area contributed by atoms with Crippen molar-refractivity contribution in [3.05, 3.63) is 51.9 Å². The van der Waals surface area contributed by atoms with Crippen LogP contribution >= 0.6 is 11.6 Å². The van der Waals surface area contributed by atoms with Crippen molar-refractivity contribution in [3.8, 4) is 11.1 Å². The van der Waals surface area contributed by atoms with Gasteiger partial charge in [-0.15, -0.1) is 0 Å². The maximum atomic E-state index is 12.5. The highest BCUT2D eigenvalue weighted by Gasteiger charge is 2.20. The molecular weight excluding hydrogens is 248 g/mol. The van der Waals surface area contributed by atoms with Crippen LogP contribution in [-0.2, 0) is 5.54 Å². The highest BCUT2D eigenvalue weighted by atomic mass is 35.5. The number of halogens is 1.